The van der Waals surface area contributed by atoms with Crippen LogP contribution in [0.2, 0.25) is 0 Å². The molecule has 1 aromatic rings. The van der Waals surface area contributed by atoms with Gasteiger partial charge in [-0.15, -0.1) is 0 Å². The summed E-state index contributed by atoms with van der Waals surface area (Å²) in [5, 5.41) is 0. The van der Waals surface area contributed by atoms with Gasteiger partial charge < -0.3 is 9.64 Å². The summed E-state index contributed by atoms with van der Waals surface area (Å²) in [7, 11) is 5.31. The number of hydrogen-bond acceptors (Lipinski definition) is 2. The highest BCUT2D eigenvalue weighted by atomic mass is 16.5. The van der Waals surface area contributed by atoms with Crippen LogP contribution in [-0.2, 0) is 10.2 Å². The van der Waals surface area contributed by atoms with Gasteiger partial charge in [0, 0.05) is 20.5 Å². The van der Waals surface area contributed by atoms with E-state index in [9.17, 15) is 4.79 Å². The van der Waals surface area contributed by atoms with Crippen molar-refractivity contribution in [2.45, 2.75) is 44.9 Å². The number of carbonyl (C=O) groups is 1. The third-order valence-electron chi connectivity index (χ3n) is 3.79. The Labute approximate surface area is 122 Å². The van der Waals surface area contributed by atoms with Crippen molar-refractivity contribution in [1.29, 1.82) is 0 Å². The van der Waals surface area contributed by atoms with Crippen molar-refractivity contribution in [3.05, 3.63) is 29.8 Å². The van der Waals surface area contributed by atoms with Crippen LogP contribution in [0.3, 0.4) is 0 Å². The molecule has 0 aliphatic carbocycles. The Morgan fingerprint density at radius 2 is 1.95 bits per heavy atom. The number of nitrogens with zero attached hydrogens (tertiary/aromatic N) is 1. The predicted octanol–water partition coefficient (Wildman–Crippen LogP) is 3.62. The lowest BCUT2D eigenvalue weighted by molar-refractivity contribution is -0.128. The molecular weight excluding hydrogens is 250 g/mol. The molecule has 3 nitrogen and oxygen atoms in total. The molecule has 0 radical (unpaired) electrons. The number of unbranched alkanes of at least 4 members (excludes halogenated alkanes) is 1. The van der Waals surface area contributed by atoms with Gasteiger partial charge in [-0.3, -0.25) is 4.79 Å². The number of hydrogen-bond donors (Lipinski definition) is 0. The van der Waals surface area contributed by atoms with Gasteiger partial charge in [0.1, 0.15) is 5.75 Å². The zero-order chi connectivity index (χ0) is 15.2. The molecule has 0 fully saturated rings. The Morgan fingerprint density at radius 3 is 2.55 bits per heavy atom. The first-order valence-electron chi connectivity index (χ1n) is 7.21. The molecule has 0 aliphatic heterocycles. The SMILES string of the molecule is COc1cccc(C(C)(C)CCCCC(=O)N(C)C)c1. The van der Waals surface area contributed by atoms with Crippen molar-refractivity contribution in [1.82, 2.24) is 4.90 Å². The van der Waals surface area contributed by atoms with Crippen molar-refractivity contribution in [3.8, 4) is 5.75 Å². The maximum atomic E-state index is 11.5. The zero-order valence-electron chi connectivity index (χ0n) is 13.4. The second kappa shape index (κ2) is 7.32. The molecule has 1 amide bonds. The summed E-state index contributed by atoms with van der Waals surface area (Å²) in [6.45, 7) is 4.49. The second-order valence-corrected chi connectivity index (χ2v) is 6.11. The van der Waals surface area contributed by atoms with Crippen molar-refractivity contribution < 1.29 is 9.53 Å². The van der Waals surface area contributed by atoms with Crippen LogP contribution in [0.5, 0.6) is 5.75 Å². The minimum Gasteiger partial charge on any atom is -0.497 e. The van der Waals surface area contributed by atoms with Gasteiger partial charge in [-0.2, -0.15) is 0 Å². The van der Waals surface area contributed by atoms with Gasteiger partial charge in [0.25, 0.3) is 0 Å². The van der Waals surface area contributed by atoms with E-state index in [0.29, 0.717) is 6.42 Å². The number of ether oxygens (including phenoxy) is 1. The van der Waals surface area contributed by atoms with Crippen LogP contribution >= 0.6 is 0 Å². The van der Waals surface area contributed by atoms with Gasteiger partial charge in [-0.1, -0.05) is 32.4 Å². The third kappa shape index (κ3) is 4.87. The molecule has 1 aromatic carbocycles. The fourth-order valence-corrected chi connectivity index (χ4v) is 2.26. The van der Waals surface area contributed by atoms with Gasteiger partial charge in [-0.25, -0.2) is 0 Å². The predicted molar refractivity (Wildman–Crippen MR) is 83.2 cm³/mol. The van der Waals surface area contributed by atoms with Gasteiger partial charge in [0.2, 0.25) is 5.91 Å². The molecule has 0 aliphatic rings. The summed E-state index contributed by atoms with van der Waals surface area (Å²) in [6, 6.07) is 8.25. The number of rotatable bonds is 7. The molecular formula is C17H27NO2. The summed E-state index contributed by atoms with van der Waals surface area (Å²) >= 11 is 0. The minimum absolute atomic E-state index is 0.107. The number of amides is 1. The normalized spacial score (nSPS) is 11.2. The largest absolute Gasteiger partial charge is 0.497 e. The number of carbonyl (C=O) groups excluding carboxylic acids is 1. The standard InChI is InChI=1S/C17H27NO2/c1-17(2,12-7-6-11-16(19)18(3)4)14-9-8-10-15(13-14)20-5/h8-10,13H,6-7,11-12H2,1-5H3. The molecule has 0 N–H and O–H groups in total. The molecule has 0 heterocycles. The van der Waals surface area contributed by atoms with E-state index < -0.39 is 0 Å². The Hall–Kier alpha value is -1.51. The lowest BCUT2D eigenvalue weighted by Crippen LogP contribution is -2.21. The number of benzene rings is 1. The van der Waals surface area contributed by atoms with Crippen LogP contribution in [-0.4, -0.2) is 32.0 Å². The van der Waals surface area contributed by atoms with E-state index in [1.807, 2.05) is 26.2 Å². The van der Waals surface area contributed by atoms with Crippen LogP contribution in [0.15, 0.2) is 24.3 Å². The first kappa shape index (κ1) is 16.5. The lowest BCUT2D eigenvalue weighted by Gasteiger charge is -2.25. The first-order chi connectivity index (χ1) is 9.36. The maximum Gasteiger partial charge on any atom is 0.222 e. The van der Waals surface area contributed by atoms with Gasteiger partial charge in [0.05, 0.1) is 7.11 Å². The molecule has 0 saturated heterocycles. The topological polar surface area (TPSA) is 29.5 Å². The average Bonchev–Trinajstić information content (AvgIpc) is 2.43. The first-order valence-corrected chi connectivity index (χ1v) is 7.21. The van der Waals surface area contributed by atoms with Gasteiger partial charge in [0.15, 0.2) is 0 Å². The van der Waals surface area contributed by atoms with E-state index in [2.05, 4.69) is 26.0 Å². The summed E-state index contributed by atoms with van der Waals surface area (Å²) in [5.41, 5.74) is 1.39. The second-order valence-electron chi connectivity index (χ2n) is 6.11. The minimum atomic E-state index is 0.107. The Bertz CT molecular complexity index is 438. The van der Waals surface area contributed by atoms with E-state index in [1.165, 1.54) is 5.56 Å². The van der Waals surface area contributed by atoms with Crippen molar-refractivity contribution in [3.63, 3.8) is 0 Å². The highest BCUT2D eigenvalue weighted by molar-refractivity contribution is 5.75. The van der Waals surface area contributed by atoms with E-state index in [-0.39, 0.29) is 11.3 Å². The highest BCUT2D eigenvalue weighted by Gasteiger charge is 2.20. The third-order valence-corrected chi connectivity index (χ3v) is 3.79. The van der Waals surface area contributed by atoms with Crippen LogP contribution in [0.25, 0.3) is 0 Å². The average molecular weight is 277 g/mol. The summed E-state index contributed by atoms with van der Waals surface area (Å²) in [5.74, 6) is 1.11. The summed E-state index contributed by atoms with van der Waals surface area (Å²) < 4.78 is 5.28. The van der Waals surface area contributed by atoms with Crippen LogP contribution in [0, 0.1) is 0 Å². The fraction of sp³-hybridized carbons (Fsp3) is 0.588. The van der Waals surface area contributed by atoms with Crippen molar-refractivity contribution in [2.24, 2.45) is 0 Å². The summed E-state index contributed by atoms with van der Waals surface area (Å²) in [6.07, 6.45) is 3.72. The van der Waals surface area contributed by atoms with Gasteiger partial charge >= 0.3 is 0 Å². The van der Waals surface area contributed by atoms with Gasteiger partial charge in [-0.05, 0) is 36.0 Å². The Kier molecular flexibility index (Phi) is 6.05. The lowest BCUT2D eigenvalue weighted by atomic mass is 9.80. The van der Waals surface area contributed by atoms with E-state index >= 15 is 0 Å². The molecule has 0 unspecified atom stereocenters. The number of methoxy groups -OCH3 is 1. The molecule has 3 heteroatoms. The zero-order valence-corrected chi connectivity index (χ0v) is 13.4. The van der Waals surface area contributed by atoms with Crippen LogP contribution < -0.4 is 4.74 Å². The molecule has 20 heavy (non-hydrogen) atoms. The fourth-order valence-electron chi connectivity index (χ4n) is 2.26. The smallest absolute Gasteiger partial charge is 0.222 e. The molecule has 0 bridgehead atoms. The monoisotopic (exact) mass is 277 g/mol. The van der Waals surface area contributed by atoms with E-state index in [4.69, 9.17) is 4.74 Å². The van der Waals surface area contributed by atoms with E-state index in [1.54, 1.807) is 12.0 Å². The molecule has 112 valence electrons. The van der Waals surface area contributed by atoms with E-state index in [0.717, 1.165) is 25.0 Å². The molecule has 1 rings (SSSR count). The van der Waals surface area contributed by atoms with Crippen molar-refractivity contribution in [2.75, 3.05) is 21.2 Å². The molecule has 0 aromatic heterocycles. The molecule has 0 saturated carbocycles. The summed E-state index contributed by atoms with van der Waals surface area (Å²) in [4.78, 5) is 13.2. The highest BCUT2D eigenvalue weighted by Crippen LogP contribution is 2.31. The van der Waals surface area contributed by atoms with Crippen LogP contribution in [0.4, 0.5) is 0 Å². The quantitative estimate of drug-likeness (QED) is 0.712. The van der Waals surface area contributed by atoms with Crippen LogP contribution in [0.1, 0.15) is 45.1 Å². The maximum absolute atomic E-state index is 11.5. The Morgan fingerprint density at radius 1 is 1.25 bits per heavy atom. The molecule has 0 spiro atoms. The molecule has 0 atom stereocenters. The van der Waals surface area contributed by atoms with Crippen molar-refractivity contribution >= 4 is 5.91 Å². The Balaban J connectivity index is 2.50.